The molecule has 0 spiro atoms. The van der Waals surface area contributed by atoms with Gasteiger partial charge in [0, 0.05) is 18.0 Å². The van der Waals surface area contributed by atoms with Gasteiger partial charge >= 0.3 is 5.97 Å². The molecule has 2 heterocycles. The van der Waals surface area contributed by atoms with Gasteiger partial charge in [-0.15, -0.1) is 0 Å². The molecule has 0 aliphatic carbocycles. The van der Waals surface area contributed by atoms with Crippen molar-refractivity contribution in [2.24, 2.45) is 0 Å². The number of hydrogen-bond donors (Lipinski definition) is 1. The number of imidazole rings is 1. The quantitative estimate of drug-likeness (QED) is 0.762. The largest absolute Gasteiger partial charge is 0.478 e. The number of aromatic nitrogens is 2. The van der Waals surface area contributed by atoms with Crippen LogP contribution in [0.4, 0.5) is 0 Å². The van der Waals surface area contributed by atoms with E-state index in [2.05, 4.69) is 4.98 Å². The number of fused-ring (bicyclic) bond motifs is 1. The number of benzene rings is 1. The summed E-state index contributed by atoms with van der Waals surface area (Å²) >= 11 is 0. The Bertz CT molecular complexity index is 775. The first-order chi connectivity index (χ1) is 9.18. The van der Waals surface area contributed by atoms with Gasteiger partial charge in [-0.05, 0) is 30.7 Å². The Morgan fingerprint density at radius 2 is 2.00 bits per heavy atom. The Morgan fingerprint density at radius 3 is 2.79 bits per heavy atom. The van der Waals surface area contributed by atoms with Gasteiger partial charge in [-0.1, -0.05) is 18.2 Å². The molecule has 4 heteroatoms. The Hall–Kier alpha value is -2.62. The topological polar surface area (TPSA) is 54.6 Å². The van der Waals surface area contributed by atoms with Crippen molar-refractivity contribution in [3.63, 3.8) is 0 Å². The second-order valence-corrected chi connectivity index (χ2v) is 4.35. The van der Waals surface area contributed by atoms with Crippen molar-refractivity contribution in [1.82, 2.24) is 9.38 Å². The molecular formula is C15H12N2O2. The molecule has 0 amide bonds. The van der Waals surface area contributed by atoms with E-state index in [1.165, 1.54) is 0 Å². The van der Waals surface area contributed by atoms with Gasteiger partial charge in [0.05, 0.1) is 11.3 Å². The number of aromatic carboxylic acids is 1. The van der Waals surface area contributed by atoms with Crippen LogP contribution in [0, 0.1) is 6.92 Å². The molecule has 4 nitrogen and oxygen atoms in total. The number of hydrogen-bond acceptors (Lipinski definition) is 2. The van der Waals surface area contributed by atoms with Crippen LogP contribution in [-0.4, -0.2) is 20.5 Å². The first-order valence-corrected chi connectivity index (χ1v) is 5.94. The molecule has 0 saturated heterocycles. The lowest BCUT2D eigenvalue weighted by atomic mass is 9.99. The van der Waals surface area contributed by atoms with E-state index in [0.717, 1.165) is 22.5 Å². The molecule has 0 bridgehead atoms. The van der Waals surface area contributed by atoms with E-state index in [9.17, 15) is 9.90 Å². The molecule has 19 heavy (non-hydrogen) atoms. The van der Waals surface area contributed by atoms with Crippen LogP contribution in [0.3, 0.4) is 0 Å². The number of nitrogens with zero attached hydrogens (tertiary/aromatic N) is 2. The number of rotatable bonds is 2. The van der Waals surface area contributed by atoms with Gasteiger partial charge in [-0.2, -0.15) is 0 Å². The van der Waals surface area contributed by atoms with Gasteiger partial charge in [-0.25, -0.2) is 9.78 Å². The third kappa shape index (κ3) is 1.78. The van der Waals surface area contributed by atoms with Crippen LogP contribution in [0.2, 0.25) is 0 Å². The molecule has 0 atom stereocenters. The molecule has 0 aliphatic rings. The monoisotopic (exact) mass is 252 g/mol. The van der Waals surface area contributed by atoms with E-state index >= 15 is 0 Å². The summed E-state index contributed by atoms with van der Waals surface area (Å²) in [5.41, 5.74) is 3.78. The summed E-state index contributed by atoms with van der Waals surface area (Å²) in [6.45, 7) is 1.83. The number of carbonyl (C=O) groups is 1. The first kappa shape index (κ1) is 11.5. The van der Waals surface area contributed by atoms with Crippen molar-refractivity contribution in [2.45, 2.75) is 6.92 Å². The fraction of sp³-hybridized carbons (Fsp3) is 0.0667. The summed E-state index contributed by atoms with van der Waals surface area (Å²) in [6.07, 6.45) is 3.60. The summed E-state index contributed by atoms with van der Waals surface area (Å²) in [4.78, 5) is 15.4. The standard InChI is InChI=1S/C15H12N2O2/c1-10-11(4-2-5-12(10)15(18)19)13-6-3-7-14-16-8-9-17(13)14/h2-9H,1H3,(H,18,19). The SMILES string of the molecule is Cc1c(C(=O)O)cccc1-c1cccc2nccn12. The highest BCUT2D eigenvalue weighted by atomic mass is 16.4. The Labute approximate surface area is 110 Å². The molecule has 0 aliphatic heterocycles. The highest BCUT2D eigenvalue weighted by Crippen LogP contribution is 2.26. The van der Waals surface area contributed by atoms with Crippen molar-refractivity contribution < 1.29 is 9.90 Å². The maximum atomic E-state index is 11.2. The molecular weight excluding hydrogens is 240 g/mol. The van der Waals surface area contributed by atoms with Gasteiger partial charge in [0.25, 0.3) is 0 Å². The van der Waals surface area contributed by atoms with Gasteiger partial charge < -0.3 is 5.11 Å². The first-order valence-electron chi connectivity index (χ1n) is 5.94. The third-order valence-corrected chi connectivity index (χ3v) is 3.27. The predicted molar refractivity (Wildman–Crippen MR) is 72.3 cm³/mol. The van der Waals surface area contributed by atoms with Crippen LogP contribution in [0.5, 0.6) is 0 Å². The van der Waals surface area contributed by atoms with E-state index < -0.39 is 5.97 Å². The summed E-state index contributed by atoms with van der Waals surface area (Å²) in [6, 6.07) is 11.1. The lowest BCUT2D eigenvalue weighted by Crippen LogP contribution is -2.02. The average molecular weight is 252 g/mol. The molecule has 0 fully saturated rings. The van der Waals surface area contributed by atoms with Crippen LogP contribution in [0.1, 0.15) is 15.9 Å². The molecule has 3 aromatic rings. The number of carboxylic acid groups (broad SMARTS) is 1. The smallest absolute Gasteiger partial charge is 0.335 e. The summed E-state index contributed by atoms with van der Waals surface area (Å²) < 4.78 is 1.95. The molecule has 1 aromatic carbocycles. The fourth-order valence-electron chi connectivity index (χ4n) is 2.31. The van der Waals surface area contributed by atoms with E-state index in [-0.39, 0.29) is 0 Å². The van der Waals surface area contributed by atoms with Crippen LogP contribution < -0.4 is 0 Å². The third-order valence-electron chi connectivity index (χ3n) is 3.27. The molecule has 1 N–H and O–H groups in total. The minimum atomic E-state index is -0.905. The highest BCUT2D eigenvalue weighted by Gasteiger charge is 2.12. The van der Waals surface area contributed by atoms with Gasteiger partial charge in [0.2, 0.25) is 0 Å². The Morgan fingerprint density at radius 1 is 1.21 bits per heavy atom. The van der Waals surface area contributed by atoms with Crippen LogP contribution in [0.15, 0.2) is 48.8 Å². The van der Waals surface area contributed by atoms with Crippen LogP contribution in [0.25, 0.3) is 16.9 Å². The zero-order valence-corrected chi connectivity index (χ0v) is 10.4. The van der Waals surface area contributed by atoms with Crippen molar-refractivity contribution >= 4 is 11.6 Å². The average Bonchev–Trinajstić information content (AvgIpc) is 2.87. The molecule has 0 unspecified atom stereocenters. The lowest BCUT2D eigenvalue weighted by molar-refractivity contribution is 0.0696. The van der Waals surface area contributed by atoms with Crippen molar-refractivity contribution in [2.75, 3.05) is 0 Å². The fourth-order valence-corrected chi connectivity index (χ4v) is 2.31. The van der Waals surface area contributed by atoms with Crippen molar-refractivity contribution in [3.8, 4) is 11.3 Å². The number of carboxylic acids is 1. The molecule has 0 saturated carbocycles. The predicted octanol–water partition coefficient (Wildman–Crippen LogP) is 3.01. The summed E-state index contributed by atoms with van der Waals surface area (Å²) in [5.74, 6) is -0.905. The maximum absolute atomic E-state index is 11.2. The zero-order chi connectivity index (χ0) is 13.4. The second-order valence-electron chi connectivity index (χ2n) is 4.35. The summed E-state index contributed by atoms with van der Waals surface area (Å²) in [7, 11) is 0. The summed E-state index contributed by atoms with van der Waals surface area (Å²) in [5, 5.41) is 9.19. The van der Waals surface area contributed by atoms with E-state index in [1.54, 1.807) is 18.3 Å². The normalized spacial score (nSPS) is 10.8. The second kappa shape index (κ2) is 4.24. The van der Waals surface area contributed by atoms with E-state index in [4.69, 9.17) is 0 Å². The van der Waals surface area contributed by atoms with Crippen molar-refractivity contribution in [3.05, 3.63) is 59.9 Å². The minimum Gasteiger partial charge on any atom is -0.478 e. The lowest BCUT2D eigenvalue weighted by Gasteiger charge is -2.10. The van der Waals surface area contributed by atoms with E-state index in [0.29, 0.717) is 5.56 Å². The maximum Gasteiger partial charge on any atom is 0.335 e. The molecule has 0 radical (unpaired) electrons. The van der Waals surface area contributed by atoms with Crippen LogP contribution in [-0.2, 0) is 0 Å². The molecule has 94 valence electrons. The Balaban J connectivity index is 2.30. The number of pyridine rings is 1. The van der Waals surface area contributed by atoms with Gasteiger partial charge in [-0.3, -0.25) is 4.40 Å². The Kier molecular flexibility index (Phi) is 2.56. The van der Waals surface area contributed by atoms with Crippen molar-refractivity contribution in [1.29, 1.82) is 0 Å². The minimum absolute atomic E-state index is 0.328. The molecule has 2 aromatic heterocycles. The zero-order valence-electron chi connectivity index (χ0n) is 10.4. The molecule has 3 rings (SSSR count). The van der Waals surface area contributed by atoms with Crippen LogP contribution >= 0.6 is 0 Å². The van der Waals surface area contributed by atoms with Gasteiger partial charge in [0.1, 0.15) is 5.65 Å². The van der Waals surface area contributed by atoms with E-state index in [1.807, 2.05) is 41.8 Å². The van der Waals surface area contributed by atoms with Gasteiger partial charge in [0.15, 0.2) is 0 Å². The highest BCUT2D eigenvalue weighted by molar-refractivity contribution is 5.91.